The van der Waals surface area contributed by atoms with Gasteiger partial charge in [-0.25, -0.2) is 4.39 Å². The van der Waals surface area contributed by atoms with Crippen molar-refractivity contribution in [2.45, 2.75) is 25.6 Å². The van der Waals surface area contributed by atoms with Gasteiger partial charge in [-0.05, 0) is 16.8 Å². The Balaban J connectivity index is 2.57. The lowest BCUT2D eigenvalue weighted by atomic mass is 10.3. The SMILES string of the molecule is CCCC(F)[Si](OCCO)(c1ccccc1)c1ccccc1. The molecular formula is C18H23FO2Si. The predicted molar refractivity (Wildman–Crippen MR) is 90.7 cm³/mol. The number of benzene rings is 2. The first-order chi connectivity index (χ1) is 10.8. The van der Waals surface area contributed by atoms with Gasteiger partial charge >= 0.3 is 0 Å². The van der Waals surface area contributed by atoms with Crippen LogP contribution in [-0.4, -0.2) is 32.4 Å². The van der Waals surface area contributed by atoms with Crippen molar-refractivity contribution >= 4 is 18.7 Å². The molecule has 0 aliphatic carbocycles. The van der Waals surface area contributed by atoms with E-state index in [0.717, 1.165) is 16.8 Å². The van der Waals surface area contributed by atoms with E-state index < -0.39 is 14.1 Å². The fraction of sp³-hybridized carbons (Fsp3) is 0.333. The molecular weight excluding hydrogens is 295 g/mol. The maximum Gasteiger partial charge on any atom is 0.290 e. The number of hydrogen-bond donors (Lipinski definition) is 1. The van der Waals surface area contributed by atoms with Gasteiger partial charge < -0.3 is 9.53 Å². The Morgan fingerprint density at radius 1 is 1.00 bits per heavy atom. The third kappa shape index (κ3) is 3.46. The lowest BCUT2D eigenvalue weighted by Gasteiger charge is -2.35. The second kappa shape index (κ2) is 8.22. The van der Waals surface area contributed by atoms with Gasteiger partial charge in [0.05, 0.1) is 13.2 Å². The highest BCUT2D eigenvalue weighted by Crippen LogP contribution is 2.19. The van der Waals surface area contributed by atoms with Gasteiger partial charge in [-0.1, -0.05) is 74.0 Å². The zero-order chi connectivity index (χ0) is 15.8. The van der Waals surface area contributed by atoms with Gasteiger partial charge in [-0.15, -0.1) is 0 Å². The van der Waals surface area contributed by atoms with Crippen molar-refractivity contribution in [1.82, 2.24) is 0 Å². The van der Waals surface area contributed by atoms with Gasteiger partial charge in [0.25, 0.3) is 8.32 Å². The number of halogens is 1. The van der Waals surface area contributed by atoms with Gasteiger partial charge in [0, 0.05) is 0 Å². The number of aliphatic hydroxyl groups excluding tert-OH is 1. The van der Waals surface area contributed by atoms with E-state index in [0.29, 0.717) is 6.42 Å². The van der Waals surface area contributed by atoms with E-state index in [2.05, 4.69) is 0 Å². The molecule has 0 radical (unpaired) electrons. The van der Waals surface area contributed by atoms with Gasteiger partial charge in [0.15, 0.2) is 0 Å². The first-order valence-corrected chi connectivity index (χ1v) is 9.74. The summed E-state index contributed by atoms with van der Waals surface area (Å²) in [6.07, 6.45) is 1.22. The average molecular weight is 318 g/mol. The second-order valence-corrected chi connectivity index (χ2v) is 8.84. The fourth-order valence-electron chi connectivity index (χ4n) is 2.82. The molecule has 0 saturated carbocycles. The highest BCUT2D eigenvalue weighted by atomic mass is 28.4. The van der Waals surface area contributed by atoms with E-state index in [-0.39, 0.29) is 13.2 Å². The first-order valence-electron chi connectivity index (χ1n) is 7.75. The molecule has 0 aromatic heterocycles. The summed E-state index contributed by atoms with van der Waals surface area (Å²) in [6.45, 7) is 2.03. The van der Waals surface area contributed by atoms with E-state index in [9.17, 15) is 5.11 Å². The van der Waals surface area contributed by atoms with E-state index in [1.807, 2.05) is 67.6 Å². The average Bonchev–Trinajstić information content (AvgIpc) is 2.58. The summed E-state index contributed by atoms with van der Waals surface area (Å²) in [7, 11) is -3.02. The second-order valence-electron chi connectivity index (χ2n) is 5.30. The molecule has 22 heavy (non-hydrogen) atoms. The summed E-state index contributed by atoms with van der Waals surface area (Å²) in [5.41, 5.74) is 0. The summed E-state index contributed by atoms with van der Waals surface area (Å²) in [5.74, 6) is -1.05. The Kier molecular flexibility index (Phi) is 6.30. The molecule has 0 spiro atoms. The first kappa shape index (κ1) is 16.9. The summed E-state index contributed by atoms with van der Waals surface area (Å²) < 4.78 is 21.4. The van der Waals surface area contributed by atoms with Crippen LogP contribution in [0, 0.1) is 0 Å². The van der Waals surface area contributed by atoms with Gasteiger partial charge in [0.1, 0.15) is 5.79 Å². The molecule has 0 saturated heterocycles. The molecule has 2 aromatic carbocycles. The Hall–Kier alpha value is -1.49. The highest BCUT2D eigenvalue weighted by Gasteiger charge is 2.47. The van der Waals surface area contributed by atoms with Crippen LogP contribution in [0.25, 0.3) is 0 Å². The van der Waals surface area contributed by atoms with Gasteiger partial charge in [-0.3, -0.25) is 0 Å². The Morgan fingerprint density at radius 2 is 1.50 bits per heavy atom. The van der Waals surface area contributed by atoms with Crippen LogP contribution in [0.15, 0.2) is 60.7 Å². The molecule has 1 N–H and O–H groups in total. The smallest absolute Gasteiger partial charge is 0.290 e. The minimum absolute atomic E-state index is 0.104. The minimum atomic E-state index is -3.02. The topological polar surface area (TPSA) is 29.5 Å². The Morgan fingerprint density at radius 3 is 1.91 bits per heavy atom. The van der Waals surface area contributed by atoms with Crippen LogP contribution in [0.4, 0.5) is 4.39 Å². The van der Waals surface area contributed by atoms with Crippen molar-refractivity contribution in [3.8, 4) is 0 Å². The van der Waals surface area contributed by atoms with Crippen molar-refractivity contribution in [2.24, 2.45) is 0 Å². The zero-order valence-corrected chi connectivity index (χ0v) is 13.9. The summed E-state index contributed by atoms with van der Waals surface area (Å²) in [4.78, 5) is 0. The van der Waals surface area contributed by atoms with Crippen LogP contribution >= 0.6 is 0 Å². The monoisotopic (exact) mass is 318 g/mol. The third-order valence-electron chi connectivity index (χ3n) is 3.81. The third-order valence-corrected chi connectivity index (χ3v) is 8.02. The van der Waals surface area contributed by atoms with E-state index >= 15 is 4.39 Å². The largest absolute Gasteiger partial charge is 0.403 e. The molecule has 1 atom stereocenters. The quantitative estimate of drug-likeness (QED) is 0.758. The summed E-state index contributed by atoms with van der Waals surface area (Å²) >= 11 is 0. The van der Waals surface area contributed by atoms with Crippen molar-refractivity contribution in [2.75, 3.05) is 13.2 Å². The van der Waals surface area contributed by atoms with Gasteiger partial charge in [-0.2, -0.15) is 0 Å². The molecule has 0 amide bonds. The van der Waals surface area contributed by atoms with Crippen molar-refractivity contribution < 1.29 is 13.9 Å². The maximum absolute atomic E-state index is 15.3. The van der Waals surface area contributed by atoms with Gasteiger partial charge in [0.2, 0.25) is 0 Å². The van der Waals surface area contributed by atoms with Crippen LogP contribution in [0.2, 0.25) is 0 Å². The number of rotatable bonds is 8. The minimum Gasteiger partial charge on any atom is -0.403 e. The molecule has 4 heteroatoms. The molecule has 2 nitrogen and oxygen atoms in total. The van der Waals surface area contributed by atoms with E-state index in [1.54, 1.807) is 0 Å². The molecule has 0 aliphatic rings. The Labute approximate surface area is 132 Å². The maximum atomic E-state index is 15.3. The van der Waals surface area contributed by atoms with Crippen molar-refractivity contribution in [3.05, 3.63) is 60.7 Å². The molecule has 2 aromatic rings. The molecule has 118 valence electrons. The molecule has 0 fully saturated rings. The molecule has 0 aliphatic heterocycles. The van der Waals surface area contributed by atoms with Crippen LogP contribution in [0.1, 0.15) is 19.8 Å². The fourth-order valence-corrected chi connectivity index (χ4v) is 6.87. The van der Waals surface area contributed by atoms with Crippen LogP contribution in [0.5, 0.6) is 0 Å². The number of alkyl halides is 1. The van der Waals surface area contributed by atoms with Crippen molar-refractivity contribution in [1.29, 1.82) is 0 Å². The molecule has 2 rings (SSSR count). The van der Waals surface area contributed by atoms with Crippen LogP contribution in [-0.2, 0) is 4.43 Å². The zero-order valence-electron chi connectivity index (χ0n) is 12.9. The van der Waals surface area contributed by atoms with Crippen LogP contribution < -0.4 is 10.4 Å². The standard InChI is InChI=1S/C18H23FO2Si/c1-2-9-18(19)22(21-15-14-20,16-10-5-3-6-11-16)17-12-7-4-8-13-17/h3-8,10-13,18,20H,2,9,14-15H2,1H3. The number of hydrogen-bond acceptors (Lipinski definition) is 2. The normalized spacial score (nSPS) is 13.0. The molecule has 1 unspecified atom stereocenters. The Bertz CT molecular complexity index is 508. The molecule has 0 bridgehead atoms. The molecule has 0 heterocycles. The van der Waals surface area contributed by atoms with E-state index in [1.165, 1.54) is 0 Å². The van der Waals surface area contributed by atoms with Crippen LogP contribution in [0.3, 0.4) is 0 Å². The summed E-state index contributed by atoms with van der Waals surface area (Å²) in [5, 5.41) is 11.0. The lowest BCUT2D eigenvalue weighted by Crippen LogP contribution is -2.67. The highest BCUT2D eigenvalue weighted by molar-refractivity contribution is 6.98. The lowest BCUT2D eigenvalue weighted by molar-refractivity contribution is 0.187. The van der Waals surface area contributed by atoms with Crippen molar-refractivity contribution in [3.63, 3.8) is 0 Å². The predicted octanol–water partition coefficient (Wildman–Crippen LogP) is 2.43. The number of aliphatic hydroxyl groups is 1. The van der Waals surface area contributed by atoms with E-state index in [4.69, 9.17) is 4.43 Å². The summed E-state index contributed by atoms with van der Waals surface area (Å²) in [6, 6.07) is 19.3.